The van der Waals surface area contributed by atoms with Crippen LogP contribution >= 0.6 is 0 Å². The van der Waals surface area contributed by atoms with E-state index in [0.29, 0.717) is 0 Å². The SMILES string of the molecule is COC1=C(OC)C(C2OC(=O)C(OC)=C2OC)OC1=O. The minimum absolute atomic E-state index is 0.0742. The Morgan fingerprint density at radius 2 is 1.05 bits per heavy atom. The van der Waals surface area contributed by atoms with E-state index in [2.05, 4.69) is 0 Å². The zero-order valence-corrected chi connectivity index (χ0v) is 11.4. The summed E-state index contributed by atoms with van der Waals surface area (Å²) in [6, 6.07) is 0. The smallest absolute Gasteiger partial charge is 0.378 e. The minimum atomic E-state index is -0.978. The fourth-order valence-corrected chi connectivity index (χ4v) is 2.09. The van der Waals surface area contributed by atoms with Crippen LogP contribution in [0.2, 0.25) is 0 Å². The van der Waals surface area contributed by atoms with E-state index >= 15 is 0 Å². The van der Waals surface area contributed by atoms with E-state index in [1.807, 2.05) is 0 Å². The van der Waals surface area contributed by atoms with Crippen LogP contribution in [-0.2, 0) is 38.0 Å². The maximum atomic E-state index is 11.7. The third kappa shape index (κ3) is 1.93. The Hall–Kier alpha value is -2.38. The molecule has 0 spiro atoms. The van der Waals surface area contributed by atoms with Gasteiger partial charge in [-0.3, -0.25) is 0 Å². The van der Waals surface area contributed by atoms with E-state index in [-0.39, 0.29) is 23.0 Å². The van der Waals surface area contributed by atoms with Crippen LogP contribution in [0.4, 0.5) is 0 Å². The number of esters is 2. The molecule has 2 heterocycles. The van der Waals surface area contributed by atoms with E-state index in [4.69, 9.17) is 28.4 Å². The molecule has 0 aromatic carbocycles. The highest BCUT2D eigenvalue weighted by atomic mass is 16.7. The first-order valence-electron chi connectivity index (χ1n) is 5.65. The molecule has 0 aromatic rings. The number of hydrogen-bond donors (Lipinski definition) is 0. The summed E-state index contributed by atoms with van der Waals surface area (Å²) in [4.78, 5) is 23.3. The zero-order valence-electron chi connectivity index (χ0n) is 11.4. The van der Waals surface area contributed by atoms with E-state index in [1.165, 1.54) is 28.4 Å². The van der Waals surface area contributed by atoms with Crippen molar-refractivity contribution >= 4 is 11.9 Å². The van der Waals surface area contributed by atoms with Gasteiger partial charge in [0.05, 0.1) is 28.4 Å². The summed E-state index contributed by atoms with van der Waals surface area (Å²) in [7, 11) is 5.33. The maximum Gasteiger partial charge on any atom is 0.378 e. The van der Waals surface area contributed by atoms with Crippen LogP contribution in [0, 0.1) is 0 Å². The fraction of sp³-hybridized carbons (Fsp3) is 0.500. The first kappa shape index (κ1) is 14.0. The lowest BCUT2D eigenvalue weighted by Crippen LogP contribution is -2.32. The Morgan fingerprint density at radius 3 is 1.30 bits per heavy atom. The Labute approximate surface area is 114 Å². The van der Waals surface area contributed by atoms with Crippen molar-refractivity contribution in [2.75, 3.05) is 28.4 Å². The van der Waals surface area contributed by atoms with Gasteiger partial charge < -0.3 is 28.4 Å². The monoisotopic (exact) mass is 286 g/mol. The quantitative estimate of drug-likeness (QED) is 0.644. The Kier molecular flexibility index (Phi) is 3.73. The van der Waals surface area contributed by atoms with Crippen molar-refractivity contribution in [3.8, 4) is 0 Å². The molecule has 2 unspecified atom stereocenters. The van der Waals surface area contributed by atoms with Crippen molar-refractivity contribution in [3.63, 3.8) is 0 Å². The van der Waals surface area contributed by atoms with Crippen molar-refractivity contribution < 1.29 is 38.0 Å². The van der Waals surface area contributed by atoms with Gasteiger partial charge in [-0.25, -0.2) is 9.59 Å². The van der Waals surface area contributed by atoms with Gasteiger partial charge in [-0.15, -0.1) is 0 Å². The molecule has 20 heavy (non-hydrogen) atoms. The summed E-state index contributed by atoms with van der Waals surface area (Å²) < 4.78 is 30.3. The lowest BCUT2D eigenvalue weighted by Gasteiger charge is -2.19. The topological polar surface area (TPSA) is 89.5 Å². The second kappa shape index (κ2) is 5.32. The lowest BCUT2D eigenvalue weighted by atomic mass is 10.1. The number of cyclic esters (lactones) is 2. The number of hydrogen-bond acceptors (Lipinski definition) is 8. The van der Waals surface area contributed by atoms with Gasteiger partial charge in [0.15, 0.2) is 11.5 Å². The second-order valence-corrected chi connectivity index (χ2v) is 3.86. The Morgan fingerprint density at radius 1 is 0.700 bits per heavy atom. The fourth-order valence-electron chi connectivity index (χ4n) is 2.09. The van der Waals surface area contributed by atoms with Gasteiger partial charge in [-0.2, -0.15) is 0 Å². The van der Waals surface area contributed by atoms with Crippen molar-refractivity contribution in [2.45, 2.75) is 12.2 Å². The highest BCUT2D eigenvalue weighted by Gasteiger charge is 2.50. The molecule has 0 aliphatic carbocycles. The van der Waals surface area contributed by atoms with Crippen LogP contribution in [-0.4, -0.2) is 52.6 Å². The highest BCUT2D eigenvalue weighted by Crippen LogP contribution is 2.35. The standard InChI is InChI=1S/C12H14O8/c1-15-5-7(19-11(13)9(5)17-3)8-6(16-2)10(18-4)12(14)20-8/h7-8H,1-4H3. The molecule has 0 aromatic heterocycles. The minimum Gasteiger partial charge on any atom is -0.493 e. The lowest BCUT2D eigenvalue weighted by molar-refractivity contribution is -0.156. The van der Waals surface area contributed by atoms with E-state index in [1.54, 1.807) is 0 Å². The van der Waals surface area contributed by atoms with Crippen LogP contribution in [0.5, 0.6) is 0 Å². The molecule has 2 aliphatic rings. The summed E-state index contributed by atoms with van der Waals surface area (Å²) >= 11 is 0. The average Bonchev–Trinajstić information content (AvgIpc) is 2.94. The van der Waals surface area contributed by atoms with Crippen LogP contribution in [0.3, 0.4) is 0 Å². The summed E-state index contributed by atoms with van der Waals surface area (Å²) in [5.41, 5.74) is 0. The molecule has 2 aliphatic heterocycles. The number of methoxy groups -OCH3 is 4. The predicted octanol–water partition coefficient (Wildman–Crippen LogP) is -0.154. The molecule has 110 valence electrons. The molecule has 0 N–H and O–H groups in total. The highest BCUT2D eigenvalue weighted by molar-refractivity contribution is 5.92. The first-order valence-corrected chi connectivity index (χ1v) is 5.65. The molecule has 0 bridgehead atoms. The number of carbonyl (C=O) groups excluding carboxylic acids is 2. The molecule has 0 saturated heterocycles. The van der Waals surface area contributed by atoms with Crippen molar-refractivity contribution in [1.29, 1.82) is 0 Å². The van der Waals surface area contributed by atoms with Gasteiger partial charge in [0.1, 0.15) is 0 Å². The summed E-state index contributed by atoms with van der Waals surface area (Å²) in [5, 5.41) is 0. The van der Waals surface area contributed by atoms with Crippen molar-refractivity contribution in [1.82, 2.24) is 0 Å². The molecule has 2 atom stereocenters. The molecule has 0 saturated carbocycles. The third-order valence-electron chi connectivity index (χ3n) is 2.93. The van der Waals surface area contributed by atoms with Gasteiger partial charge in [0, 0.05) is 0 Å². The molecule has 0 amide bonds. The van der Waals surface area contributed by atoms with Crippen LogP contribution in [0.15, 0.2) is 23.0 Å². The molecule has 0 radical (unpaired) electrons. The normalized spacial score (nSPS) is 25.6. The second-order valence-electron chi connectivity index (χ2n) is 3.86. The number of carbonyl (C=O) groups is 2. The molecule has 0 fully saturated rings. The summed E-state index contributed by atoms with van der Waals surface area (Å²) in [5.74, 6) is -1.30. The van der Waals surface area contributed by atoms with Gasteiger partial charge in [-0.05, 0) is 0 Å². The summed E-state index contributed by atoms with van der Waals surface area (Å²) in [6.45, 7) is 0. The van der Waals surface area contributed by atoms with Crippen LogP contribution in [0.1, 0.15) is 0 Å². The maximum absolute atomic E-state index is 11.7. The molecular weight excluding hydrogens is 272 g/mol. The van der Waals surface area contributed by atoms with E-state index in [9.17, 15) is 9.59 Å². The van der Waals surface area contributed by atoms with E-state index < -0.39 is 24.1 Å². The predicted molar refractivity (Wildman–Crippen MR) is 61.8 cm³/mol. The van der Waals surface area contributed by atoms with Crippen LogP contribution in [0.25, 0.3) is 0 Å². The molecular formula is C12H14O8. The Balaban J connectivity index is 2.38. The van der Waals surface area contributed by atoms with Gasteiger partial charge in [0.2, 0.25) is 23.7 Å². The number of ether oxygens (including phenoxy) is 6. The number of rotatable bonds is 5. The van der Waals surface area contributed by atoms with Gasteiger partial charge in [0.25, 0.3) is 0 Å². The largest absolute Gasteiger partial charge is 0.493 e. The van der Waals surface area contributed by atoms with E-state index in [0.717, 1.165) is 0 Å². The van der Waals surface area contributed by atoms with Crippen LogP contribution < -0.4 is 0 Å². The van der Waals surface area contributed by atoms with Crippen molar-refractivity contribution in [3.05, 3.63) is 23.0 Å². The van der Waals surface area contributed by atoms with Gasteiger partial charge >= 0.3 is 11.9 Å². The molecule has 8 nitrogen and oxygen atoms in total. The van der Waals surface area contributed by atoms with Crippen molar-refractivity contribution in [2.24, 2.45) is 0 Å². The molecule has 2 rings (SSSR count). The first-order chi connectivity index (χ1) is 9.58. The zero-order chi connectivity index (χ0) is 14.9. The average molecular weight is 286 g/mol. The molecule has 8 heteroatoms. The Bertz CT molecular complexity index is 458. The summed E-state index contributed by atoms with van der Waals surface area (Å²) in [6.07, 6.45) is -1.96. The van der Waals surface area contributed by atoms with Gasteiger partial charge in [-0.1, -0.05) is 0 Å². The third-order valence-corrected chi connectivity index (χ3v) is 2.93.